The molecule has 1 fully saturated rings. The van der Waals surface area contributed by atoms with E-state index in [4.69, 9.17) is 0 Å². The summed E-state index contributed by atoms with van der Waals surface area (Å²) >= 11 is 0. The van der Waals surface area contributed by atoms with Crippen LogP contribution in [-0.2, 0) is 13.1 Å². The van der Waals surface area contributed by atoms with Gasteiger partial charge in [-0.2, -0.15) is 0 Å². The van der Waals surface area contributed by atoms with Crippen LogP contribution in [-0.4, -0.2) is 28.5 Å². The van der Waals surface area contributed by atoms with Crippen LogP contribution in [0.1, 0.15) is 51.8 Å². The van der Waals surface area contributed by atoms with Crippen molar-refractivity contribution in [1.29, 1.82) is 0 Å². The van der Waals surface area contributed by atoms with Crippen molar-refractivity contribution in [2.75, 3.05) is 13.1 Å². The number of hydrogen-bond acceptors (Lipinski definition) is 3. The molecule has 3 heteroatoms. The molecule has 3 nitrogen and oxygen atoms in total. The number of aromatic nitrogens is 1. The molecule has 1 aliphatic rings. The molecule has 0 radical (unpaired) electrons. The standard InChI is InChI=1S/C17H29N3/c1-14(2)10-18-11-15-6-7-16(19-12-15)13-20-9-5-8-17(20,3)4/h6-7,12,14,18H,5,8-11,13H2,1-4H3. The SMILES string of the molecule is CC(C)CNCc1ccc(CN2CCCC2(C)C)nc1. The summed E-state index contributed by atoms with van der Waals surface area (Å²) in [5.41, 5.74) is 2.79. The van der Waals surface area contributed by atoms with Gasteiger partial charge in [-0.1, -0.05) is 19.9 Å². The molecule has 2 rings (SSSR count). The highest BCUT2D eigenvalue weighted by Gasteiger charge is 2.31. The number of rotatable bonds is 6. The third kappa shape index (κ3) is 4.29. The molecule has 1 N–H and O–H groups in total. The van der Waals surface area contributed by atoms with Gasteiger partial charge in [0.05, 0.1) is 5.69 Å². The topological polar surface area (TPSA) is 28.2 Å². The minimum absolute atomic E-state index is 0.333. The fourth-order valence-corrected chi connectivity index (χ4v) is 2.81. The van der Waals surface area contributed by atoms with E-state index in [9.17, 15) is 0 Å². The lowest BCUT2D eigenvalue weighted by molar-refractivity contribution is 0.164. The van der Waals surface area contributed by atoms with Gasteiger partial charge < -0.3 is 5.32 Å². The molecule has 1 aromatic heterocycles. The number of nitrogens with one attached hydrogen (secondary N) is 1. The minimum Gasteiger partial charge on any atom is -0.312 e. The molecule has 1 saturated heterocycles. The zero-order chi connectivity index (χ0) is 14.6. The van der Waals surface area contributed by atoms with Gasteiger partial charge in [0.25, 0.3) is 0 Å². The maximum Gasteiger partial charge on any atom is 0.0544 e. The Morgan fingerprint density at radius 3 is 2.70 bits per heavy atom. The molecule has 112 valence electrons. The first-order valence-electron chi connectivity index (χ1n) is 7.87. The molecular weight excluding hydrogens is 246 g/mol. The third-order valence-electron chi connectivity index (χ3n) is 4.19. The largest absolute Gasteiger partial charge is 0.312 e. The van der Waals surface area contributed by atoms with Crippen molar-refractivity contribution in [3.8, 4) is 0 Å². The van der Waals surface area contributed by atoms with Gasteiger partial charge in [-0.25, -0.2) is 0 Å². The molecule has 20 heavy (non-hydrogen) atoms. The smallest absolute Gasteiger partial charge is 0.0544 e. The average Bonchev–Trinajstić information content (AvgIpc) is 2.70. The molecule has 0 saturated carbocycles. The summed E-state index contributed by atoms with van der Waals surface area (Å²) in [5, 5.41) is 3.46. The summed E-state index contributed by atoms with van der Waals surface area (Å²) in [6.07, 6.45) is 4.63. The Hall–Kier alpha value is -0.930. The highest BCUT2D eigenvalue weighted by Crippen LogP contribution is 2.29. The number of likely N-dealkylation sites (tertiary alicyclic amines) is 1. The van der Waals surface area contributed by atoms with Gasteiger partial charge in [-0.05, 0) is 57.3 Å². The van der Waals surface area contributed by atoms with Gasteiger partial charge in [-0.15, -0.1) is 0 Å². The maximum absolute atomic E-state index is 4.62. The lowest BCUT2D eigenvalue weighted by Crippen LogP contribution is -2.37. The average molecular weight is 275 g/mol. The summed E-state index contributed by atoms with van der Waals surface area (Å²) in [5.74, 6) is 0.694. The third-order valence-corrected chi connectivity index (χ3v) is 4.19. The maximum atomic E-state index is 4.62. The number of pyridine rings is 1. The second-order valence-corrected chi connectivity index (χ2v) is 7.02. The molecule has 1 aromatic rings. The summed E-state index contributed by atoms with van der Waals surface area (Å²) in [4.78, 5) is 7.17. The molecule has 0 atom stereocenters. The fraction of sp³-hybridized carbons (Fsp3) is 0.706. The van der Waals surface area contributed by atoms with Crippen LogP contribution in [0.5, 0.6) is 0 Å². The quantitative estimate of drug-likeness (QED) is 0.864. The van der Waals surface area contributed by atoms with Gasteiger partial charge in [0.2, 0.25) is 0 Å². The predicted octanol–water partition coefficient (Wildman–Crippen LogP) is 3.20. The summed E-state index contributed by atoms with van der Waals surface area (Å²) in [6.45, 7) is 13.3. The zero-order valence-corrected chi connectivity index (χ0v) is 13.4. The Bertz CT molecular complexity index is 409. The minimum atomic E-state index is 0.333. The normalized spacial score (nSPS) is 18.9. The second-order valence-electron chi connectivity index (χ2n) is 7.02. The van der Waals surface area contributed by atoms with Crippen molar-refractivity contribution in [2.45, 2.75) is 59.2 Å². The van der Waals surface area contributed by atoms with E-state index in [1.807, 2.05) is 6.20 Å². The van der Waals surface area contributed by atoms with Crippen molar-refractivity contribution in [2.24, 2.45) is 5.92 Å². The van der Waals surface area contributed by atoms with Crippen molar-refractivity contribution in [1.82, 2.24) is 15.2 Å². The molecular formula is C17H29N3. The Morgan fingerprint density at radius 2 is 2.15 bits per heavy atom. The van der Waals surface area contributed by atoms with Crippen LogP contribution in [0, 0.1) is 5.92 Å². The van der Waals surface area contributed by atoms with Crippen molar-refractivity contribution >= 4 is 0 Å². The first-order valence-corrected chi connectivity index (χ1v) is 7.87. The molecule has 0 spiro atoms. The van der Waals surface area contributed by atoms with Gasteiger partial charge in [0.1, 0.15) is 0 Å². The predicted molar refractivity (Wildman–Crippen MR) is 84.5 cm³/mol. The van der Waals surface area contributed by atoms with Crippen molar-refractivity contribution < 1.29 is 0 Å². The molecule has 2 heterocycles. The Kier molecular flexibility index (Phi) is 5.17. The molecule has 1 aliphatic heterocycles. The van der Waals surface area contributed by atoms with Crippen LogP contribution < -0.4 is 5.32 Å². The molecule has 0 aliphatic carbocycles. The van der Waals surface area contributed by atoms with Crippen LogP contribution in [0.2, 0.25) is 0 Å². The van der Waals surface area contributed by atoms with E-state index >= 15 is 0 Å². The van der Waals surface area contributed by atoms with Gasteiger partial charge in [-0.3, -0.25) is 9.88 Å². The van der Waals surface area contributed by atoms with Gasteiger partial charge in [0, 0.05) is 24.8 Å². The lowest BCUT2D eigenvalue weighted by atomic mass is 10.0. The Morgan fingerprint density at radius 1 is 1.35 bits per heavy atom. The summed E-state index contributed by atoms with van der Waals surface area (Å²) < 4.78 is 0. The number of nitrogens with zero attached hydrogens (tertiary/aromatic N) is 2. The fourth-order valence-electron chi connectivity index (χ4n) is 2.81. The Labute approximate surface area is 123 Å². The Balaban J connectivity index is 1.85. The molecule has 0 aromatic carbocycles. The highest BCUT2D eigenvalue weighted by molar-refractivity contribution is 5.14. The molecule has 0 bridgehead atoms. The summed E-state index contributed by atoms with van der Waals surface area (Å²) in [6, 6.07) is 4.39. The monoisotopic (exact) mass is 275 g/mol. The van der Waals surface area contributed by atoms with Crippen LogP contribution in [0.3, 0.4) is 0 Å². The highest BCUT2D eigenvalue weighted by atomic mass is 15.2. The van der Waals surface area contributed by atoms with E-state index in [0.717, 1.165) is 19.6 Å². The van der Waals surface area contributed by atoms with E-state index in [0.29, 0.717) is 11.5 Å². The van der Waals surface area contributed by atoms with Gasteiger partial charge in [0.15, 0.2) is 0 Å². The van der Waals surface area contributed by atoms with E-state index in [-0.39, 0.29) is 0 Å². The van der Waals surface area contributed by atoms with Crippen molar-refractivity contribution in [3.05, 3.63) is 29.6 Å². The molecule has 0 unspecified atom stereocenters. The van der Waals surface area contributed by atoms with E-state index in [2.05, 4.69) is 55.0 Å². The van der Waals surface area contributed by atoms with Crippen molar-refractivity contribution in [3.63, 3.8) is 0 Å². The molecule has 0 amide bonds. The first kappa shape index (κ1) is 15.5. The first-order chi connectivity index (χ1) is 9.47. The second kappa shape index (κ2) is 6.68. The van der Waals surface area contributed by atoms with E-state index < -0.39 is 0 Å². The van der Waals surface area contributed by atoms with Crippen LogP contribution in [0.25, 0.3) is 0 Å². The number of hydrogen-bond donors (Lipinski definition) is 1. The lowest BCUT2D eigenvalue weighted by Gasteiger charge is -2.31. The van der Waals surface area contributed by atoms with Crippen LogP contribution in [0.4, 0.5) is 0 Å². The summed E-state index contributed by atoms with van der Waals surface area (Å²) in [7, 11) is 0. The zero-order valence-electron chi connectivity index (χ0n) is 13.4. The van der Waals surface area contributed by atoms with Crippen LogP contribution >= 0.6 is 0 Å². The van der Waals surface area contributed by atoms with Gasteiger partial charge >= 0.3 is 0 Å². The van der Waals surface area contributed by atoms with E-state index in [1.54, 1.807) is 0 Å². The van der Waals surface area contributed by atoms with E-state index in [1.165, 1.54) is 30.6 Å². The van der Waals surface area contributed by atoms with Crippen LogP contribution in [0.15, 0.2) is 18.3 Å².